The number of hydrogen-bond acceptors (Lipinski definition) is 5. The van der Waals surface area contributed by atoms with Crippen molar-refractivity contribution < 1.29 is 0 Å². The first-order chi connectivity index (χ1) is 9.22. The molecular weight excluding hydrogens is 298 g/mol. The van der Waals surface area contributed by atoms with Gasteiger partial charge in [-0.1, -0.05) is 17.7 Å². The summed E-state index contributed by atoms with van der Waals surface area (Å²) in [6.45, 7) is 0. The van der Waals surface area contributed by atoms with Crippen LogP contribution in [0.5, 0.6) is 0 Å². The van der Waals surface area contributed by atoms with Crippen molar-refractivity contribution in [2.24, 2.45) is 0 Å². The average molecular weight is 310 g/mol. The minimum Gasteiger partial charge on any atom is -0.383 e. The van der Waals surface area contributed by atoms with Crippen LogP contribution in [0.2, 0.25) is 5.02 Å². The number of hydrogen-bond donors (Lipinski definition) is 1. The molecule has 0 radical (unpaired) electrons. The molecule has 98 valence electrons. The van der Waals surface area contributed by atoms with Gasteiger partial charge in [-0.2, -0.15) is 11.8 Å². The Morgan fingerprint density at radius 3 is 3.05 bits per heavy atom. The van der Waals surface area contributed by atoms with Crippen LogP contribution in [0, 0.1) is 0 Å². The third-order valence-electron chi connectivity index (χ3n) is 2.82. The summed E-state index contributed by atoms with van der Waals surface area (Å²) in [6, 6.07) is 7.79. The molecule has 0 amide bonds. The number of fused-ring (bicyclic) bond motifs is 1. The Kier molecular flexibility index (Phi) is 3.86. The molecule has 0 aliphatic carbocycles. The Bertz CT molecular complexity index is 619. The number of nitrogens with zero attached hydrogens (tertiary/aromatic N) is 2. The number of rotatable bonds is 3. The molecule has 0 unspecified atom stereocenters. The zero-order valence-electron chi connectivity index (χ0n) is 10.1. The molecule has 1 aromatic heterocycles. The lowest BCUT2D eigenvalue weighted by atomic mass is 10.2. The molecule has 0 fully saturated rings. The Hall–Kier alpha value is -0.910. The molecular formula is C13H12ClN3S2. The lowest BCUT2D eigenvalue weighted by Gasteiger charge is -2.06. The fraction of sp³-hybridized carbons (Fsp3) is 0.231. The van der Waals surface area contributed by atoms with Crippen molar-refractivity contribution in [3.05, 3.63) is 46.4 Å². The van der Waals surface area contributed by atoms with Gasteiger partial charge in [0.25, 0.3) is 0 Å². The van der Waals surface area contributed by atoms with Crippen LogP contribution < -0.4 is 5.73 Å². The van der Waals surface area contributed by atoms with Crippen molar-refractivity contribution in [1.82, 2.24) is 9.97 Å². The molecule has 3 rings (SSSR count). The number of nitrogens with two attached hydrogens (primary N) is 1. The van der Waals surface area contributed by atoms with Crippen molar-refractivity contribution >= 4 is 40.9 Å². The Morgan fingerprint density at radius 2 is 2.21 bits per heavy atom. The summed E-state index contributed by atoms with van der Waals surface area (Å²) in [6.07, 6.45) is 0. The molecule has 3 nitrogen and oxygen atoms in total. The third-order valence-corrected chi connectivity index (χ3v) is 5.02. The molecule has 19 heavy (non-hydrogen) atoms. The second-order valence-electron chi connectivity index (χ2n) is 4.19. The summed E-state index contributed by atoms with van der Waals surface area (Å²) in [7, 11) is 0. The maximum Gasteiger partial charge on any atom is 0.141 e. The summed E-state index contributed by atoms with van der Waals surface area (Å²) < 4.78 is 0. The number of thioether (sulfide) groups is 2. The van der Waals surface area contributed by atoms with Gasteiger partial charge < -0.3 is 5.73 Å². The average Bonchev–Trinajstić information content (AvgIpc) is 2.85. The SMILES string of the molecule is Nc1nc(CSc2cccc(Cl)c2)nc2c1CSC2. The van der Waals surface area contributed by atoms with Gasteiger partial charge >= 0.3 is 0 Å². The fourth-order valence-electron chi connectivity index (χ4n) is 1.90. The second kappa shape index (κ2) is 5.61. The molecule has 6 heteroatoms. The highest BCUT2D eigenvalue weighted by Gasteiger charge is 2.18. The molecule has 2 N–H and O–H groups in total. The Morgan fingerprint density at radius 1 is 1.32 bits per heavy atom. The van der Waals surface area contributed by atoms with Gasteiger partial charge in [0, 0.05) is 27.0 Å². The van der Waals surface area contributed by atoms with E-state index in [0.717, 1.165) is 38.5 Å². The van der Waals surface area contributed by atoms with E-state index in [1.54, 1.807) is 11.8 Å². The first-order valence-corrected chi connectivity index (χ1v) is 8.34. The largest absolute Gasteiger partial charge is 0.383 e. The van der Waals surface area contributed by atoms with Crippen LogP contribution >= 0.6 is 35.1 Å². The predicted octanol–water partition coefficient (Wildman–Crippen LogP) is 3.75. The number of benzene rings is 1. The van der Waals surface area contributed by atoms with E-state index in [4.69, 9.17) is 17.3 Å². The van der Waals surface area contributed by atoms with Crippen LogP contribution in [0.4, 0.5) is 5.82 Å². The maximum atomic E-state index is 5.97. The van der Waals surface area contributed by atoms with E-state index in [1.807, 2.05) is 36.0 Å². The standard InChI is InChI=1S/C13H12ClN3S2/c14-8-2-1-3-9(4-8)19-7-12-16-11-6-18-5-10(11)13(15)17-12/h1-4H,5-7H2,(H2,15,16,17). The van der Waals surface area contributed by atoms with Crippen LogP contribution in [-0.2, 0) is 17.3 Å². The Labute approximate surface area is 125 Å². The van der Waals surface area contributed by atoms with E-state index in [0.29, 0.717) is 11.6 Å². The lowest BCUT2D eigenvalue weighted by Crippen LogP contribution is -2.04. The van der Waals surface area contributed by atoms with Crippen LogP contribution in [0.15, 0.2) is 29.2 Å². The summed E-state index contributed by atoms with van der Waals surface area (Å²) in [4.78, 5) is 10.1. The van der Waals surface area contributed by atoms with Crippen LogP contribution in [0.25, 0.3) is 0 Å². The van der Waals surface area contributed by atoms with E-state index in [-0.39, 0.29) is 0 Å². The maximum absolute atomic E-state index is 5.97. The van der Waals surface area contributed by atoms with E-state index in [1.165, 1.54) is 0 Å². The van der Waals surface area contributed by atoms with Crippen LogP contribution in [0.1, 0.15) is 17.1 Å². The number of halogens is 1. The first-order valence-electron chi connectivity index (χ1n) is 5.82. The van der Waals surface area contributed by atoms with Gasteiger partial charge in [-0.05, 0) is 18.2 Å². The molecule has 1 aliphatic heterocycles. The predicted molar refractivity (Wildman–Crippen MR) is 82.5 cm³/mol. The van der Waals surface area contributed by atoms with Crippen molar-refractivity contribution in [2.75, 3.05) is 5.73 Å². The minimum atomic E-state index is 0.636. The molecule has 1 aromatic carbocycles. The zero-order chi connectivity index (χ0) is 13.2. The minimum absolute atomic E-state index is 0.636. The van der Waals surface area contributed by atoms with E-state index in [2.05, 4.69) is 9.97 Å². The highest BCUT2D eigenvalue weighted by atomic mass is 35.5. The zero-order valence-corrected chi connectivity index (χ0v) is 12.5. The highest BCUT2D eigenvalue weighted by Crippen LogP contribution is 2.32. The monoisotopic (exact) mass is 309 g/mol. The summed E-state index contributed by atoms with van der Waals surface area (Å²) in [5.74, 6) is 4.02. The quantitative estimate of drug-likeness (QED) is 0.875. The van der Waals surface area contributed by atoms with Crippen LogP contribution in [0.3, 0.4) is 0 Å². The second-order valence-corrected chi connectivity index (χ2v) is 6.66. The van der Waals surface area contributed by atoms with Gasteiger partial charge in [-0.3, -0.25) is 0 Å². The van der Waals surface area contributed by atoms with Gasteiger partial charge in [0.2, 0.25) is 0 Å². The van der Waals surface area contributed by atoms with Crippen LogP contribution in [-0.4, -0.2) is 9.97 Å². The van der Waals surface area contributed by atoms with Gasteiger partial charge in [-0.15, -0.1) is 11.8 Å². The van der Waals surface area contributed by atoms with Gasteiger partial charge in [0.05, 0.1) is 11.4 Å². The molecule has 0 saturated heterocycles. The van der Waals surface area contributed by atoms with E-state index >= 15 is 0 Å². The van der Waals surface area contributed by atoms with Crippen molar-refractivity contribution in [3.8, 4) is 0 Å². The molecule has 0 bridgehead atoms. The highest BCUT2D eigenvalue weighted by molar-refractivity contribution is 7.98. The molecule has 1 aliphatic rings. The Balaban J connectivity index is 1.76. The molecule has 2 heterocycles. The number of anilines is 1. The lowest BCUT2D eigenvalue weighted by molar-refractivity contribution is 0.982. The van der Waals surface area contributed by atoms with Gasteiger partial charge in [0.15, 0.2) is 0 Å². The van der Waals surface area contributed by atoms with E-state index < -0.39 is 0 Å². The normalized spacial score (nSPS) is 13.5. The summed E-state index contributed by atoms with van der Waals surface area (Å²) in [5.41, 5.74) is 8.18. The first kappa shape index (κ1) is 13.1. The molecule has 0 saturated carbocycles. The van der Waals surface area contributed by atoms with E-state index in [9.17, 15) is 0 Å². The van der Waals surface area contributed by atoms with Crippen molar-refractivity contribution in [1.29, 1.82) is 0 Å². The summed E-state index contributed by atoms with van der Waals surface area (Å²) in [5, 5.41) is 0.746. The fourth-order valence-corrected chi connectivity index (χ4v) is 4.02. The summed E-state index contributed by atoms with van der Waals surface area (Å²) >= 11 is 9.47. The molecule has 2 aromatic rings. The number of aromatic nitrogens is 2. The topological polar surface area (TPSA) is 51.8 Å². The van der Waals surface area contributed by atoms with Gasteiger partial charge in [-0.25, -0.2) is 9.97 Å². The third kappa shape index (κ3) is 2.99. The molecule has 0 atom stereocenters. The number of nitrogen functional groups attached to an aromatic ring is 1. The van der Waals surface area contributed by atoms with Gasteiger partial charge in [0.1, 0.15) is 11.6 Å². The smallest absolute Gasteiger partial charge is 0.141 e. The van der Waals surface area contributed by atoms with Crippen molar-refractivity contribution in [2.45, 2.75) is 22.2 Å². The van der Waals surface area contributed by atoms with Crippen molar-refractivity contribution in [3.63, 3.8) is 0 Å². The molecule has 0 spiro atoms.